The Morgan fingerprint density at radius 3 is 2.47 bits per heavy atom. The van der Waals surface area contributed by atoms with Gasteiger partial charge in [-0.15, -0.1) is 0 Å². The van der Waals surface area contributed by atoms with Gasteiger partial charge in [-0.1, -0.05) is 13.3 Å². The van der Waals surface area contributed by atoms with E-state index in [4.69, 9.17) is 0 Å². The molecule has 0 aliphatic heterocycles. The van der Waals surface area contributed by atoms with Crippen LogP contribution in [0.15, 0.2) is 18.5 Å². The molecular weight excluding hydrogens is 186 g/mol. The van der Waals surface area contributed by atoms with Crippen molar-refractivity contribution in [2.45, 2.75) is 45.1 Å². The third kappa shape index (κ3) is 2.91. The van der Waals surface area contributed by atoms with Gasteiger partial charge in [0.2, 0.25) is 5.95 Å². The van der Waals surface area contributed by atoms with Gasteiger partial charge < -0.3 is 5.32 Å². The topological polar surface area (TPSA) is 37.8 Å². The summed E-state index contributed by atoms with van der Waals surface area (Å²) in [5, 5.41) is 3.40. The first-order chi connectivity index (χ1) is 7.38. The minimum atomic E-state index is 0.579. The summed E-state index contributed by atoms with van der Waals surface area (Å²) in [5.41, 5.74) is 0. The van der Waals surface area contributed by atoms with Crippen LogP contribution in [0, 0.1) is 5.92 Å². The van der Waals surface area contributed by atoms with Crippen LogP contribution in [0.25, 0.3) is 0 Å². The van der Waals surface area contributed by atoms with Crippen molar-refractivity contribution in [3.05, 3.63) is 18.5 Å². The van der Waals surface area contributed by atoms with Crippen molar-refractivity contribution in [2.75, 3.05) is 5.32 Å². The molecule has 1 fully saturated rings. The fraction of sp³-hybridized carbons (Fsp3) is 0.667. The van der Waals surface area contributed by atoms with Crippen LogP contribution in [0.3, 0.4) is 0 Å². The molecule has 0 spiro atoms. The predicted octanol–water partition coefficient (Wildman–Crippen LogP) is 2.86. The molecule has 82 valence electrons. The number of rotatable bonds is 3. The van der Waals surface area contributed by atoms with Gasteiger partial charge in [-0.25, -0.2) is 9.97 Å². The number of nitrogens with zero attached hydrogens (tertiary/aromatic N) is 2. The molecule has 1 aliphatic carbocycles. The second kappa shape index (κ2) is 5.10. The zero-order chi connectivity index (χ0) is 10.5. The van der Waals surface area contributed by atoms with Gasteiger partial charge in [-0.05, 0) is 37.7 Å². The van der Waals surface area contributed by atoms with Crippen LogP contribution in [0.2, 0.25) is 0 Å². The molecule has 0 atom stereocenters. The van der Waals surface area contributed by atoms with Gasteiger partial charge in [0, 0.05) is 18.4 Å². The molecule has 1 aliphatic rings. The Balaban J connectivity index is 1.82. The molecule has 0 aromatic carbocycles. The van der Waals surface area contributed by atoms with E-state index in [2.05, 4.69) is 22.2 Å². The third-order valence-electron chi connectivity index (χ3n) is 3.32. The highest BCUT2D eigenvalue weighted by Crippen LogP contribution is 2.27. The van der Waals surface area contributed by atoms with Gasteiger partial charge in [-0.2, -0.15) is 0 Å². The lowest BCUT2D eigenvalue weighted by molar-refractivity contribution is 0.329. The molecular formula is C12H19N3. The molecule has 0 amide bonds. The average molecular weight is 205 g/mol. The van der Waals surface area contributed by atoms with Crippen LogP contribution in [-0.4, -0.2) is 16.0 Å². The zero-order valence-electron chi connectivity index (χ0n) is 9.32. The Bertz CT molecular complexity index is 278. The zero-order valence-corrected chi connectivity index (χ0v) is 9.32. The van der Waals surface area contributed by atoms with E-state index in [1.807, 2.05) is 6.07 Å². The average Bonchev–Trinajstić information content (AvgIpc) is 2.31. The van der Waals surface area contributed by atoms with Gasteiger partial charge >= 0.3 is 0 Å². The van der Waals surface area contributed by atoms with Crippen LogP contribution in [-0.2, 0) is 0 Å². The van der Waals surface area contributed by atoms with E-state index in [1.165, 1.54) is 32.1 Å². The molecule has 1 saturated carbocycles. The van der Waals surface area contributed by atoms with Gasteiger partial charge in [0.25, 0.3) is 0 Å². The minimum absolute atomic E-state index is 0.579. The summed E-state index contributed by atoms with van der Waals surface area (Å²) in [6, 6.07) is 2.43. The van der Waals surface area contributed by atoms with E-state index in [-0.39, 0.29) is 0 Å². The van der Waals surface area contributed by atoms with Gasteiger partial charge in [0.05, 0.1) is 0 Å². The number of nitrogens with one attached hydrogen (secondary N) is 1. The Morgan fingerprint density at radius 2 is 1.87 bits per heavy atom. The Morgan fingerprint density at radius 1 is 1.20 bits per heavy atom. The molecule has 0 bridgehead atoms. The lowest BCUT2D eigenvalue weighted by Gasteiger charge is -2.28. The van der Waals surface area contributed by atoms with E-state index in [1.54, 1.807) is 12.4 Å². The Labute approximate surface area is 91.3 Å². The van der Waals surface area contributed by atoms with E-state index < -0.39 is 0 Å². The molecule has 2 rings (SSSR count). The van der Waals surface area contributed by atoms with Crippen LogP contribution < -0.4 is 5.32 Å². The van der Waals surface area contributed by atoms with Crippen LogP contribution in [0.1, 0.15) is 39.0 Å². The molecule has 1 heterocycles. The molecule has 1 N–H and O–H groups in total. The third-order valence-corrected chi connectivity index (χ3v) is 3.32. The summed E-state index contributed by atoms with van der Waals surface area (Å²) < 4.78 is 0. The molecule has 0 radical (unpaired) electrons. The summed E-state index contributed by atoms with van der Waals surface area (Å²) in [6.07, 6.45) is 10.1. The van der Waals surface area contributed by atoms with Gasteiger partial charge in [-0.3, -0.25) is 0 Å². The Hall–Kier alpha value is -1.12. The van der Waals surface area contributed by atoms with Crippen LogP contribution in [0.5, 0.6) is 0 Å². The lowest BCUT2D eigenvalue weighted by Crippen LogP contribution is -2.26. The van der Waals surface area contributed by atoms with E-state index in [0.29, 0.717) is 6.04 Å². The fourth-order valence-corrected chi connectivity index (χ4v) is 2.27. The molecule has 1 aromatic rings. The maximum atomic E-state index is 4.19. The second-order valence-corrected chi connectivity index (χ2v) is 4.34. The van der Waals surface area contributed by atoms with Crippen molar-refractivity contribution in [3.8, 4) is 0 Å². The highest BCUT2D eigenvalue weighted by molar-refractivity contribution is 5.24. The number of hydrogen-bond acceptors (Lipinski definition) is 3. The second-order valence-electron chi connectivity index (χ2n) is 4.34. The first-order valence-corrected chi connectivity index (χ1v) is 5.92. The van der Waals surface area contributed by atoms with Crippen molar-refractivity contribution in [2.24, 2.45) is 5.92 Å². The van der Waals surface area contributed by atoms with Crippen molar-refractivity contribution >= 4 is 5.95 Å². The normalized spacial score (nSPS) is 26.2. The van der Waals surface area contributed by atoms with Crippen molar-refractivity contribution in [1.82, 2.24) is 9.97 Å². The molecule has 0 saturated heterocycles. The molecule has 15 heavy (non-hydrogen) atoms. The van der Waals surface area contributed by atoms with Crippen LogP contribution >= 0.6 is 0 Å². The number of anilines is 1. The largest absolute Gasteiger partial charge is 0.351 e. The quantitative estimate of drug-likeness (QED) is 0.824. The first-order valence-electron chi connectivity index (χ1n) is 5.92. The van der Waals surface area contributed by atoms with E-state index >= 15 is 0 Å². The molecule has 1 aromatic heterocycles. The monoisotopic (exact) mass is 205 g/mol. The summed E-state index contributed by atoms with van der Waals surface area (Å²) in [4.78, 5) is 8.38. The summed E-state index contributed by atoms with van der Waals surface area (Å²) in [5.74, 6) is 1.72. The predicted molar refractivity (Wildman–Crippen MR) is 61.7 cm³/mol. The van der Waals surface area contributed by atoms with Crippen molar-refractivity contribution in [1.29, 1.82) is 0 Å². The summed E-state index contributed by atoms with van der Waals surface area (Å²) in [7, 11) is 0. The van der Waals surface area contributed by atoms with E-state index in [9.17, 15) is 0 Å². The molecule has 0 unspecified atom stereocenters. The van der Waals surface area contributed by atoms with Crippen LogP contribution in [0.4, 0.5) is 5.95 Å². The maximum Gasteiger partial charge on any atom is 0.222 e. The number of aromatic nitrogens is 2. The minimum Gasteiger partial charge on any atom is -0.351 e. The maximum absolute atomic E-state index is 4.19. The SMILES string of the molecule is CCC1CCC(Nc2ncccn2)CC1. The first kappa shape index (κ1) is 10.4. The molecule has 3 heteroatoms. The summed E-state index contributed by atoms with van der Waals surface area (Å²) >= 11 is 0. The van der Waals surface area contributed by atoms with Gasteiger partial charge in [0.15, 0.2) is 0 Å². The van der Waals surface area contributed by atoms with Crippen molar-refractivity contribution < 1.29 is 0 Å². The summed E-state index contributed by atoms with van der Waals surface area (Å²) in [6.45, 7) is 2.29. The molecule has 3 nitrogen and oxygen atoms in total. The van der Waals surface area contributed by atoms with Crippen molar-refractivity contribution in [3.63, 3.8) is 0 Å². The fourth-order valence-electron chi connectivity index (χ4n) is 2.27. The highest BCUT2D eigenvalue weighted by Gasteiger charge is 2.19. The lowest BCUT2D eigenvalue weighted by atomic mass is 9.85. The smallest absolute Gasteiger partial charge is 0.222 e. The number of hydrogen-bond donors (Lipinski definition) is 1. The van der Waals surface area contributed by atoms with Gasteiger partial charge in [0.1, 0.15) is 0 Å². The van der Waals surface area contributed by atoms with E-state index in [0.717, 1.165) is 11.9 Å². The highest BCUT2D eigenvalue weighted by atomic mass is 15.1. The standard InChI is InChI=1S/C12H19N3/c1-2-10-4-6-11(7-5-10)15-12-13-8-3-9-14-12/h3,8-11H,2,4-7H2,1H3,(H,13,14,15). The Kier molecular flexibility index (Phi) is 3.54.